The molecule has 2 nitrogen and oxygen atoms in total. The third-order valence-electron chi connectivity index (χ3n) is 3.07. The van der Waals surface area contributed by atoms with Crippen LogP contribution >= 0.6 is 0 Å². The van der Waals surface area contributed by atoms with Crippen LogP contribution in [0.2, 0.25) is 0 Å². The van der Waals surface area contributed by atoms with E-state index in [1.165, 1.54) is 25.5 Å². The number of hydrogen-bond donors (Lipinski definition) is 0. The molecule has 1 fully saturated rings. The lowest BCUT2D eigenvalue weighted by Crippen LogP contribution is -2.17. The van der Waals surface area contributed by atoms with Crippen LogP contribution in [-0.2, 0) is 9.53 Å². The highest BCUT2D eigenvalue weighted by Crippen LogP contribution is 2.33. The Labute approximate surface area is 80.0 Å². The largest absolute Gasteiger partial charge is 0.466 e. The van der Waals surface area contributed by atoms with Crippen LogP contribution < -0.4 is 0 Å². The SMILES string of the molecule is COC(=O)/C=C1/CCCC(C)C1C. The highest BCUT2D eigenvalue weighted by molar-refractivity contribution is 5.82. The quantitative estimate of drug-likeness (QED) is 0.460. The van der Waals surface area contributed by atoms with Gasteiger partial charge in [-0.25, -0.2) is 4.79 Å². The van der Waals surface area contributed by atoms with Crippen molar-refractivity contribution >= 4 is 5.97 Å². The molecule has 0 aliphatic heterocycles. The molecule has 1 aliphatic carbocycles. The van der Waals surface area contributed by atoms with Crippen molar-refractivity contribution in [3.05, 3.63) is 11.6 Å². The van der Waals surface area contributed by atoms with Crippen LogP contribution in [-0.4, -0.2) is 13.1 Å². The van der Waals surface area contributed by atoms with E-state index in [2.05, 4.69) is 18.6 Å². The minimum atomic E-state index is -0.212. The molecule has 0 saturated heterocycles. The van der Waals surface area contributed by atoms with Gasteiger partial charge in [-0.3, -0.25) is 0 Å². The van der Waals surface area contributed by atoms with Crippen molar-refractivity contribution in [1.82, 2.24) is 0 Å². The summed E-state index contributed by atoms with van der Waals surface area (Å²) in [5.41, 5.74) is 1.26. The molecule has 0 N–H and O–H groups in total. The monoisotopic (exact) mass is 182 g/mol. The maximum absolute atomic E-state index is 11.0. The zero-order chi connectivity index (χ0) is 9.84. The number of carbonyl (C=O) groups is 1. The van der Waals surface area contributed by atoms with E-state index < -0.39 is 0 Å². The first kappa shape index (κ1) is 10.3. The second-order valence-electron chi connectivity index (χ2n) is 3.90. The fourth-order valence-electron chi connectivity index (χ4n) is 1.89. The highest BCUT2D eigenvalue weighted by Gasteiger charge is 2.22. The van der Waals surface area contributed by atoms with Crippen LogP contribution in [0.1, 0.15) is 33.1 Å². The van der Waals surface area contributed by atoms with Crippen molar-refractivity contribution in [1.29, 1.82) is 0 Å². The lowest BCUT2D eigenvalue weighted by atomic mass is 9.78. The molecule has 0 amide bonds. The van der Waals surface area contributed by atoms with Gasteiger partial charge in [-0.1, -0.05) is 19.4 Å². The molecular formula is C11H18O2. The Morgan fingerprint density at radius 2 is 2.23 bits per heavy atom. The molecule has 74 valence electrons. The molecule has 13 heavy (non-hydrogen) atoms. The van der Waals surface area contributed by atoms with Gasteiger partial charge in [0.2, 0.25) is 0 Å². The van der Waals surface area contributed by atoms with Crippen LogP contribution in [0.15, 0.2) is 11.6 Å². The highest BCUT2D eigenvalue weighted by atomic mass is 16.5. The molecule has 0 bridgehead atoms. The first-order chi connectivity index (χ1) is 6.15. The van der Waals surface area contributed by atoms with Crippen molar-refractivity contribution in [2.75, 3.05) is 7.11 Å². The van der Waals surface area contributed by atoms with Crippen LogP contribution in [0.25, 0.3) is 0 Å². The number of allylic oxidation sites excluding steroid dienone is 1. The first-order valence-electron chi connectivity index (χ1n) is 4.93. The molecule has 0 heterocycles. The van der Waals surface area contributed by atoms with Crippen LogP contribution in [0.5, 0.6) is 0 Å². The summed E-state index contributed by atoms with van der Waals surface area (Å²) in [7, 11) is 1.43. The standard InChI is InChI=1S/C11H18O2/c1-8-5-4-6-10(9(8)2)7-11(12)13-3/h7-9H,4-6H2,1-3H3/b10-7-. The van der Waals surface area contributed by atoms with Crippen LogP contribution in [0.4, 0.5) is 0 Å². The predicted molar refractivity (Wildman–Crippen MR) is 52.3 cm³/mol. The zero-order valence-electron chi connectivity index (χ0n) is 8.67. The van der Waals surface area contributed by atoms with E-state index in [1.807, 2.05) is 0 Å². The normalized spacial score (nSPS) is 31.8. The molecular weight excluding hydrogens is 164 g/mol. The maximum atomic E-state index is 11.0. The molecule has 0 spiro atoms. The number of methoxy groups -OCH3 is 1. The minimum absolute atomic E-state index is 0.212. The van der Waals surface area contributed by atoms with Gasteiger partial charge >= 0.3 is 5.97 Å². The average molecular weight is 182 g/mol. The summed E-state index contributed by atoms with van der Waals surface area (Å²) in [6.07, 6.45) is 5.20. The summed E-state index contributed by atoms with van der Waals surface area (Å²) < 4.78 is 4.62. The van der Waals surface area contributed by atoms with E-state index in [9.17, 15) is 4.79 Å². The van der Waals surface area contributed by atoms with Gasteiger partial charge in [0.25, 0.3) is 0 Å². The summed E-state index contributed by atoms with van der Waals surface area (Å²) in [6.45, 7) is 4.44. The third kappa shape index (κ3) is 2.58. The van der Waals surface area contributed by atoms with Crippen LogP contribution in [0.3, 0.4) is 0 Å². The van der Waals surface area contributed by atoms with Gasteiger partial charge < -0.3 is 4.74 Å². The summed E-state index contributed by atoms with van der Waals surface area (Å²) in [5, 5.41) is 0. The summed E-state index contributed by atoms with van der Waals surface area (Å²) in [4.78, 5) is 11.0. The Morgan fingerprint density at radius 3 is 2.85 bits per heavy atom. The summed E-state index contributed by atoms with van der Waals surface area (Å²) in [5.74, 6) is 1.02. The number of carbonyl (C=O) groups excluding carboxylic acids is 1. The molecule has 0 radical (unpaired) electrons. The van der Waals surface area contributed by atoms with E-state index in [0.29, 0.717) is 11.8 Å². The Balaban J connectivity index is 2.67. The van der Waals surface area contributed by atoms with Crippen LogP contribution in [0, 0.1) is 11.8 Å². The van der Waals surface area contributed by atoms with E-state index in [4.69, 9.17) is 0 Å². The van der Waals surface area contributed by atoms with Crippen molar-refractivity contribution in [3.63, 3.8) is 0 Å². The molecule has 1 saturated carbocycles. The van der Waals surface area contributed by atoms with Crippen molar-refractivity contribution in [2.24, 2.45) is 11.8 Å². The minimum Gasteiger partial charge on any atom is -0.466 e. The first-order valence-corrected chi connectivity index (χ1v) is 4.93. The fourth-order valence-corrected chi connectivity index (χ4v) is 1.89. The van der Waals surface area contributed by atoms with Crippen molar-refractivity contribution in [2.45, 2.75) is 33.1 Å². The van der Waals surface area contributed by atoms with Gasteiger partial charge in [0.15, 0.2) is 0 Å². The Bertz CT molecular complexity index is 218. The Kier molecular flexibility index (Phi) is 3.52. The van der Waals surface area contributed by atoms with E-state index >= 15 is 0 Å². The number of hydrogen-bond acceptors (Lipinski definition) is 2. The topological polar surface area (TPSA) is 26.3 Å². The van der Waals surface area contributed by atoms with Gasteiger partial charge in [-0.2, -0.15) is 0 Å². The molecule has 0 aromatic rings. The number of ether oxygens (including phenoxy) is 1. The van der Waals surface area contributed by atoms with Gasteiger partial charge in [0.05, 0.1) is 7.11 Å². The maximum Gasteiger partial charge on any atom is 0.330 e. The van der Waals surface area contributed by atoms with E-state index in [1.54, 1.807) is 6.08 Å². The van der Waals surface area contributed by atoms with Gasteiger partial charge in [-0.05, 0) is 31.1 Å². The molecule has 2 unspecified atom stereocenters. The lowest BCUT2D eigenvalue weighted by Gasteiger charge is -2.28. The average Bonchev–Trinajstić information content (AvgIpc) is 2.13. The van der Waals surface area contributed by atoms with E-state index in [0.717, 1.165) is 6.42 Å². The number of esters is 1. The number of rotatable bonds is 1. The van der Waals surface area contributed by atoms with Crippen molar-refractivity contribution in [3.8, 4) is 0 Å². The van der Waals surface area contributed by atoms with Gasteiger partial charge in [0.1, 0.15) is 0 Å². The predicted octanol–water partition coefficient (Wildman–Crippen LogP) is 2.54. The third-order valence-corrected chi connectivity index (χ3v) is 3.07. The summed E-state index contributed by atoms with van der Waals surface area (Å²) >= 11 is 0. The summed E-state index contributed by atoms with van der Waals surface area (Å²) in [6, 6.07) is 0. The van der Waals surface area contributed by atoms with Gasteiger partial charge in [-0.15, -0.1) is 0 Å². The second kappa shape index (κ2) is 4.45. The smallest absolute Gasteiger partial charge is 0.330 e. The molecule has 1 aliphatic rings. The lowest BCUT2D eigenvalue weighted by molar-refractivity contribution is -0.134. The molecule has 2 atom stereocenters. The fraction of sp³-hybridized carbons (Fsp3) is 0.727. The van der Waals surface area contributed by atoms with E-state index in [-0.39, 0.29) is 5.97 Å². The Hall–Kier alpha value is -0.790. The van der Waals surface area contributed by atoms with Crippen molar-refractivity contribution < 1.29 is 9.53 Å². The molecule has 0 aromatic carbocycles. The Morgan fingerprint density at radius 1 is 1.54 bits per heavy atom. The molecule has 0 aromatic heterocycles. The second-order valence-corrected chi connectivity index (χ2v) is 3.90. The van der Waals surface area contributed by atoms with Gasteiger partial charge in [0, 0.05) is 6.08 Å². The zero-order valence-corrected chi connectivity index (χ0v) is 8.67. The molecule has 2 heteroatoms. The molecule has 1 rings (SSSR count).